The summed E-state index contributed by atoms with van der Waals surface area (Å²) in [7, 11) is 0. The summed E-state index contributed by atoms with van der Waals surface area (Å²) in [4.78, 5) is 12.5. The lowest BCUT2D eigenvalue weighted by Crippen LogP contribution is -2.33. The van der Waals surface area contributed by atoms with Crippen molar-refractivity contribution in [1.82, 2.24) is 19.7 Å². The molecule has 5 nitrogen and oxygen atoms in total. The van der Waals surface area contributed by atoms with Crippen molar-refractivity contribution < 1.29 is 0 Å². The van der Waals surface area contributed by atoms with Crippen LogP contribution in [0.4, 0.5) is 5.82 Å². The molecule has 2 aromatic heterocycles. The second-order valence-electron chi connectivity index (χ2n) is 7.88. The van der Waals surface area contributed by atoms with Crippen LogP contribution in [0, 0.1) is 12.8 Å². The van der Waals surface area contributed by atoms with E-state index in [1.54, 1.807) is 0 Å². The molecular weight excluding hydrogens is 322 g/mol. The molecule has 1 aromatic carbocycles. The number of hydrogen-bond donors (Lipinski definition) is 0. The van der Waals surface area contributed by atoms with E-state index < -0.39 is 0 Å². The molecule has 0 unspecified atom stereocenters. The van der Waals surface area contributed by atoms with Crippen molar-refractivity contribution in [2.24, 2.45) is 5.92 Å². The molecule has 5 rings (SSSR count). The van der Waals surface area contributed by atoms with E-state index in [1.807, 2.05) is 22.9 Å². The summed E-state index contributed by atoms with van der Waals surface area (Å²) in [6.45, 7) is 6.58. The van der Waals surface area contributed by atoms with Crippen LogP contribution in [0.15, 0.2) is 30.3 Å². The number of anilines is 1. The minimum atomic E-state index is 0.529. The van der Waals surface area contributed by atoms with E-state index in [2.05, 4.69) is 30.9 Å². The Balaban J connectivity index is 1.70. The average Bonchev–Trinajstić information content (AvgIpc) is 3.47. The van der Waals surface area contributed by atoms with Gasteiger partial charge >= 0.3 is 0 Å². The van der Waals surface area contributed by atoms with Gasteiger partial charge in [-0.2, -0.15) is 5.10 Å². The third kappa shape index (κ3) is 2.66. The van der Waals surface area contributed by atoms with Crippen LogP contribution < -0.4 is 4.90 Å². The van der Waals surface area contributed by atoms with E-state index in [9.17, 15) is 0 Å². The summed E-state index contributed by atoms with van der Waals surface area (Å²) in [6, 6.07) is 10.3. The first kappa shape index (κ1) is 15.8. The summed E-state index contributed by atoms with van der Waals surface area (Å²) >= 11 is 0. The van der Waals surface area contributed by atoms with Crippen molar-refractivity contribution in [2.45, 2.75) is 45.4 Å². The molecule has 3 heterocycles. The Morgan fingerprint density at radius 3 is 2.38 bits per heavy atom. The first-order valence-corrected chi connectivity index (χ1v) is 9.78. The smallest absolute Gasteiger partial charge is 0.169 e. The average molecular weight is 347 g/mol. The summed E-state index contributed by atoms with van der Waals surface area (Å²) in [6.07, 6.45) is 4.88. The summed E-state index contributed by atoms with van der Waals surface area (Å²) in [5.74, 6) is 3.44. The second kappa shape index (κ2) is 6.08. The van der Waals surface area contributed by atoms with Crippen LogP contribution in [0.25, 0.3) is 16.7 Å². The number of aromatic nitrogens is 4. The maximum absolute atomic E-state index is 5.04. The van der Waals surface area contributed by atoms with Gasteiger partial charge < -0.3 is 4.90 Å². The molecule has 1 saturated carbocycles. The van der Waals surface area contributed by atoms with Gasteiger partial charge in [-0.25, -0.2) is 14.6 Å². The Morgan fingerprint density at radius 2 is 1.69 bits per heavy atom. The van der Waals surface area contributed by atoms with Gasteiger partial charge in [0.25, 0.3) is 0 Å². The molecule has 1 aliphatic carbocycles. The molecule has 1 aliphatic heterocycles. The zero-order valence-corrected chi connectivity index (χ0v) is 15.5. The van der Waals surface area contributed by atoms with E-state index in [-0.39, 0.29) is 0 Å². The zero-order chi connectivity index (χ0) is 17.7. The van der Waals surface area contributed by atoms with E-state index in [0.29, 0.717) is 5.92 Å². The van der Waals surface area contributed by atoms with Crippen molar-refractivity contribution in [2.75, 3.05) is 18.0 Å². The molecule has 26 heavy (non-hydrogen) atoms. The van der Waals surface area contributed by atoms with Crippen LogP contribution in [0.5, 0.6) is 0 Å². The molecule has 0 amide bonds. The Morgan fingerprint density at radius 1 is 0.962 bits per heavy atom. The molecule has 2 aliphatic rings. The Kier molecular flexibility index (Phi) is 3.69. The molecule has 0 bridgehead atoms. The number of para-hydroxylation sites is 1. The van der Waals surface area contributed by atoms with Crippen molar-refractivity contribution >= 4 is 16.9 Å². The highest BCUT2D eigenvalue weighted by molar-refractivity contribution is 5.91. The van der Waals surface area contributed by atoms with E-state index in [4.69, 9.17) is 15.1 Å². The topological polar surface area (TPSA) is 46.8 Å². The maximum Gasteiger partial charge on any atom is 0.169 e. The fourth-order valence-corrected chi connectivity index (χ4v) is 3.90. The van der Waals surface area contributed by atoms with Gasteiger partial charge in [-0.05, 0) is 50.7 Å². The van der Waals surface area contributed by atoms with Crippen molar-refractivity contribution in [3.05, 3.63) is 41.9 Å². The lowest BCUT2D eigenvalue weighted by Gasteiger charge is -2.31. The van der Waals surface area contributed by atoms with Crippen LogP contribution in [0.3, 0.4) is 0 Å². The first-order valence-electron chi connectivity index (χ1n) is 9.78. The molecule has 2 fully saturated rings. The van der Waals surface area contributed by atoms with Gasteiger partial charge in [0, 0.05) is 19.0 Å². The highest BCUT2D eigenvalue weighted by Gasteiger charge is 2.31. The van der Waals surface area contributed by atoms with E-state index >= 15 is 0 Å². The second-order valence-corrected chi connectivity index (χ2v) is 7.88. The van der Waals surface area contributed by atoms with Gasteiger partial charge in [0.2, 0.25) is 0 Å². The number of rotatable bonds is 3. The standard InChI is InChI=1S/C21H25N5/c1-14-10-12-25(13-11-14)20-18-15(2)24-26(17-6-4-3-5-7-17)21(18)23-19(22-20)16-8-9-16/h3-7,14,16H,8-13H2,1-2H3. The fourth-order valence-electron chi connectivity index (χ4n) is 3.90. The SMILES string of the molecule is Cc1nn(-c2ccccc2)c2nc(C3CC3)nc(N3CCC(C)CC3)c12. The highest BCUT2D eigenvalue weighted by atomic mass is 15.3. The Labute approximate surface area is 154 Å². The molecule has 5 heteroatoms. The van der Waals surface area contributed by atoms with Crippen molar-refractivity contribution in [3.8, 4) is 5.69 Å². The van der Waals surface area contributed by atoms with Gasteiger partial charge in [0.1, 0.15) is 11.6 Å². The van der Waals surface area contributed by atoms with Crippen LogP contribution in [0.2, 0.25) is 0 Å². The number of benzene rings is 1. The minimum absolute atomic E-state index is 0.529. The van der Waals surface area contributed by atoms with Crippen LogP contribution >= 0.6 is 0 Å². The normalized spacial score (nSPS) is 18.6. The lowest BCUT2D eigenvalue weighted by molar-refractivity contribution is 0.437. The van der Waals surface area contributed by atoms with Gasteiger partial charge in [0.15, 0.2) is 5.65 Å². The maximum atomic E-state index is 5.04. The molecule has 0 atom stereocenters. The Bertz CT molecular complexity index is 934. The third-order valence-electron chi connectivity index (χ3n) is 5.73. The molecule has 1 saturated heterocycles. The zero-order valence-electron chi connectivity index (χ0n) is 15.5. The predicted octanol–water partition coefficient (Wildman–Crippen LogP) is 4.24. The van der Waals surface area contributed by atoms with E-state index in [1.165, 1.54) is 25.7 Å². The fraction of sp³-hybridized carbons (Fsp3) is 0.476. The summed E-state index contributed by atoms with van der Waals surface area (Å²) in [5, 5.41) is 5.96. The van der Waals surface area contributed by atoms with Crippen LogP contribution in [-0.4, -0.2) is 32.8 Å². The number of aryl methyl sites for hydroxylation is 1. The van der Waals surface area contributed by atoms with Crippen LogP contribution in [0.1, 0.15) is 50.0 Å². The molecule has 3 aromatic rings. The van der Waals surface area contributed by atoms with Crippen molar-refractivity contribution in [1.29, 1.82) is 0 Å². The van der Waals surface area contributed by atoms with Gasteiger partial charge in [0.05, 0.1) is 16.8 Å². The molecule has 0 N–H and O–H groups in total. The number of hydrogen-bond acceptors (Lipinski definition) is 4. The predicted molar refractivity (Wildman–Crippen MR) is 104 cm³/mol. The van der Waals surface area contributed by atoms with Crippen LogP contribution in [-0.2, 0) is 0 Å². The number of fused-ring (bicyclic) bond motifs is 1. The van der Waals surface area contributed by atoms with Gasteiger partial charge in [-0.15, -0.1) is 0 Å². The van der Waals surface area contributed by atoms with E-state index in [0.717, 1.165) is 53.1 Å². The highest BCUT2D eigenvalue weighted by Crippen LogP contribution is 2.41. The Hall–Kier alpha value is -2.43. The lowest BCUT2D eigenvalue weighted by atomic mass is 9.99. The monoisotopic (exact) mass is 347 g/mol. The third-order valence-corrected chi connectivity index (χ3v) is 5.73. The summed E-state index contributed by atoms with van der Waals surface area (Å²) < 4.78 is 1.99. The quantitative estimate of drug-likeness (QED) is 0.711. The number of nitrogens with zero attached hydrogens (tertiary/aromatic N) is 5. The molecular formula is C21H25N5. The molecule has 0 radical (unpaired) electrons. The molecule has 0 spiro atoms. The summed E-state index contributed by atoms with van der Waals surface area (Å²) in [5.41, 5.74) is 3.03. The minimum Gasteiger partial charge on any atom is -0.356 e. The van der Waals surface area contributed by atoms with Gasteiger partial charge in [-0.3, -0.25) is 0 Å². The largest absolute Gasteiger partial charge is 0.356 e. The van der Waals surface area contributed by atoms with Crippen molar-refractivity contribution in [3.63, 3.8) is 0 Å². The number of piperidine rings is 1. The first-order chi connectivity index (χ1) is 12.7. The molecule has 134 valence electrons. The van der Waals surface area contributed by atoms with Gasteiger partial charge in [-0.1, -0.05) is 25.1 Å².